The lowest BCUT2D eigenvalue weighted by Gasteiger charge is -2.35. The predicted molar refractivity (Wildman–Crippen MR) is 76.1 cm³/mol. The lowest BCUT2D eigenvalue weighted by Crippen LogP contribution is -2.49. The van der Waals surface area contributed by atoms with E-state index in [1.54, 1.807) is 0 Å². The first kappa shape index (κ1) is 14.8. The van der Waals surface area contributed by atoms with Crippen LogP contribution in [0.4, 0.5) is 0 Å². The zero-order chi connectivity index (χ0) is 13.5. The number of hydrogen-bond acceptors (Lipinski definition) is 3. The van der Waals surface area contributed by atoms with Crippen molar-refractivity contribution in [3.8, 4) is 0 Å². The van der Waals surface area contributed by atoms with Gasteiger partial charge in [-0.25, -0.2) is 0 Å². The summed E-state index contributed by atoms with van der Waals surface area (Å²) < 4.78 is 5.51. The van der Waals surface area contributed by atoms with Crippen LogP contribution in [0.2, 0.25) is 0 Å². The minimum absolute atomic E-state index is 0.159. The Morgan fingerprint density at radius 1 is 1.11 bits per heavy atom. The zero-order valence-electron chi connectivity index (χ0n) is 12.1. The molecule has 19 heavy (non-hydrogen) atoms. The third-order valence-corrected chi connectivity index (χ3v) is 4.27. The summed E-state index contributed by atoms with van der Waals surface area (Å²) in [4.78, 5) is 11.9. The highest BCUT2D eigenvalue weighted by Gasteiger charge is 2.29. The molecule has 2 rings (SSSR count). The monoisotopic (exact) mass is 268 g/mol. The van der Waals surface area contributed by atoms with Crippen LogP contribution in [0, 0.1) is 0 Å². The van der Waals surface area contributed by atoms with Gasteiger partial charge in [0, 0.05) is 18.7 Å². The summed E-state index contributed by atoms with van der Waals surface area (Å²) in [5, 5.41) is 6.49. The van der Waals surface area contributed by atoms with E-state index in [0.717, 1.165) is 32.3 Å². The number of nitrogens with one attached hydrogen (secondary N) is 2. The Morgan fingerprint density at radius 2 is 1.79 bits per heavy atom. The van der Waals surface area contributed by atoms with Gasteiger partial charge in [-0.05, 0) is 32.6 Å². The van der Waals surface area contributed by atoms with E-state index in [9.17, 15) is 4.79 Å². The zero-order valence-corrected chi connectivity index (χ0v) is 12.1. The Kier molecular flexibility index (Phi) is 6.11. The fourth-order valence-electron chi connectivity index (χ4n) is 3.04. The van der Waals surface area contributed by atoms with Gasteiger partial charge >= 0.3 is 0 Å². The van der Waals surface area contributed by atoms with Crippen LogP contribution in [0.15, 0.2) is 0 Å². The summed E-state index contributed by atoms with van der Waals surface area (Å²) in [7, 11) is 0. The molecule has 2 N–H and O–H groups in total. The molecule has 0 unspecified atom stereocenters. The Bertz CT molecular complexity index is 269. The topological polar surface area (TPSA) is 50.4 Å². The van der Waals surface area contributed by atoms with Crippen LogP contribution < -0.4 is 10.6 Å². The molecule has 4 nitrogen and oxygen atoms in total. The summed E-state index contributed by atoms with van der Waals surface area (Å²) in [6.45, 7) is 3.28. The largest absolute Gasteiger partial charge is 0.378 e. The van der Waals surface area contributed by atoms with Crippen molar-refractivity contribution < 1.29 is 9.53 Å². The van der Waals surface area contributed by atoms with E-state index in [1.165, 1.54) is 25.7 Å². The summed E-state index contributed by atoms with van der Waals surface area (Å²) in [5.74, 6) is 0.159. The quantitative estimate of drug-likeness (QED) is 0.724. The molecule has 0 bridgehead atoms. The third-order valence-electron chi connectivity index (χ3n) is 4.27. The van der Waals surface area contributed by atoms with Crippen molar-refractivity contribution in [3.63, 3.8) is 0 Å². The molecule has 0 saturated heterocycles. The van der Waals surface area contributed by atoms with E-state index in [4.69, 9.17) is 4.74 Å². The van der Waals surface area contributed by atoms with Gasteiger partial charge in [0.05, 0.1) is 12.6 Å². The van der Waals surface area contributed by atoms with Crippen LogP contribution in [0.1, 0.15) is 58.3 Å². The average Bonchev–Trinajstić information content (AvgIpc) is 2.60. The minimum Gasteiger partial charge on any atom is -0.378 e. The number of ether oxygens (including phenoxy) is 1. The molecule has 110 valence electrons. The molecule has 0 aliphatic heterocycles. The molecule has 0 aromatic heterocycles. The molecule has 2 aliphatic rings. The van der Waals surface area contributed by atoms with E-state index >= 15 is 0 Å². The number of hydrogen-bond donors (Lipinski definition) is 2. The van der Waals surface area contributed by atoms with Crippen molar-refractivity contribution in [2.45, 2.75) is 76.5 Å². The predicted octanol–water partition coefficient (Wildman–Crippen LogP) is 1.98. The SMILES string of the molecule is CCOC1CC(NCC(=O)NC2CCCCCC2)C1. The fraction of sp³-hybridized carbons (Fsp3) is 0.933. The van der Waals surface area contributed by atoms with Gasteiger partial charge in [-0.1, -0.05) is 25.7 Å². The normalized spacial score (nSPS) is 28.5. The van der Waals surface area contributed by atoms with Gasteiger partial charge < -0.3 is 15.4 Å². The molecule has 2 saturated carbocycles. The Morgan fingerprint density at radius 3 is 2.42 bits per heavy atom. The number of rotatable bonds is 6. The van der Waals surface area contributed by atoms with Crippen LogP contribution in [0.25, 0.3) is 0 Å². The molecule has 2 fully saturated rings. The third kappa shape index (κ3) is 5.11. The molecule has 0 radical (unpaired) electrons. The van der Waals surface area contributed by atoms with Gasteiger partial charge in [0.25, 0.3) is 0 Å². The van der Waals surface area contributed by atoms with E-state index in [2.05, 4.69) is 10.6 Å². The van der Waals surface area contributed by atoms with E-state index in [1.807, 2.05) is 6.92 Å². The fourth-order valence-corrected chi connectivity index (χ4v) is 3.04. The second-order valence-electron chi connectivity index (χ2n) is 5.88. The molecule has 0 heterocycles. The van der Waals surface area contributed by atoms with Gasteiger partial charge in [-0.15, -0.1) is 0 Å². The van der Waals surface area contributed by atoms with Gasteiger partial charge in [-0.2, -0.15) is 0 Å². The number of amides is 1. The first-order valence-electron chi connectivity index (χ1n) is 7.92. The number of carbonyl (C=O) groups is 1. The molecule has 0 spiro atoms. The van der Waals surface area contributed by atoms with Crippen molar-refractivity contribution in [1.82, 2.24) is 10.6 Å². The average molecular weight is 268 g/mol. The minimum atomic E-state index is 0.159. The van der Waals surface area contributed by atoms with E-state index in [0.29, 0.717) is 24.7 Å². The van der Waals surface area contributed by atoms with Crippen LogP contribution in [-0.4, -0.2) is 37.2 Å². The molecular formula is C15H28N2O2. The second kappa shape index (κ2) is 7.85. The lowest BCUT2D eigenvalue weighted by molar-refractivity contribution is -0.121. The molecule has 0 aromatic carbocycles. The van der Waals surface area contributed by atoms with Gasteiger partial charge in [0.15, 0.2) is 0 Å². The molecule has 2 aliphatic carbocycles. The maximum atomic E-state index is 11.9. The highest BCUT2D eigenvalue weighted by Crippen LogP contribution is 2.23. The molecule has 1 amide bonds. The van der Waals surface area contributed by atoms with Crippen molar-refractivity contribution >= 4 is 5.91 Å². The first-order valence-corrected chi connectivity index (χ1v) is 7.92. The Labute approximate surface area is 116 Å². The Balaban J connectivity index is 1.55. The molecule has 0 atom stereocenters. The lowest BCUT2D eigenvalue weighted by atomic mass is 9.89. The maximum Gasteiger partial charge on any atom is 0.234 e. The molecule has 4 heteroatoms. The van der Waals surface area contributed by atoms with Crippen molar-refractivity contribution in [1.29, 1.82) is 0 Å². The van der Waals surface area contributed by atoms with E-state index in [-0.39, 0.29) is 5.91 Å². The second-order valence-corrected chi connectivity index (χ2v) is 5.88. The van der Waals surface area contributed by atoms with Crippen molar-refractivity contribution in [3.05, 3.63) is 0 Å². The van der Waals surface area contributed by atoms with Crippen LogP contribution >= 0.6 is 0 Å². The Hall–Kier alpha value is -0.610. The first-order chi connectivity index (χ1) is 9.28. The number of carbonyl (C=O) groups excluding carboxylic acids is 1. The highest BCUT2D eigenvalue weighted by molar-refractivity contribution is 5.78. The molecule has 0 aromatic rings. The summed E-state index contributed by atoms with van der Waals surface area (Å²) >= 11 is 0. The van der Waals surface area contributed by atoms with Gasteiger partial charge in [0.1, 0.15) is 0 Å². The summed E-state index contributed by atoms with van der Waals surface area (Å²) in [6.07, 6.45) is 9.98. The highest BCUT2D eigenvalue weighted by atomic mass is 16.5. The summed E-state index contributed by atoms with van der Waals surface area (Å²) in [6, 6.07) is 0.880. The van der Waals surface area contributed by atoms with Gasteiger partial charge in [0.2, 0.25) is 5.91 Å². The van der Waals surface area contributed by atoms with Gasteiger partial charge in [-0.3, -0.25) is 4.79 Å². The smallest absolute Gasteiger partial charge is 0.234 e. The van der Waals surface area contributed by atoms with Crippen molar-refractivity contribution in [2.75, 3.05) is 13.2 Å². The molecular weight excluding hydrogens is 240 g/mol. The van der Waals surface area contributed by atoms with Crippen LogP contribution in [0.5, 0.6) is 0 Å². The standard InChI is InChI=1S/C15H28N2O2/c1-2-19-14-9-13(10-14)16-11-15(18)17-12-7-5-3-4-6-8-12/h12-14,16H,2-11H2,1H3,(H,17,18). The van der Waals surface area contributed by atoms with Crippen LogP contribution in [-0.2, 0) is 9.53 Å². The van der Waals surface area contributed by atoms with Crippen molar-refractivity contribution in [2.24, 2.45) is 0 Å². The summed E-state index contributed by atoms with van der Waals surface area (Å²) in [5.41, 5.74) is 0. The van der Waals surface area contributed by atoms with Crippen LogP contribution in [0.3, 0.4) is 0 Å². The van der Waals surface area contributed by atoms with E-state index < -0.39 is 0 Å². The maximum absolute atomic E-state index is 11.9.